The van der Waals surface area contributed by atoms with E-state index in [9.17, 15) is 13.2 Å². The first-order chi connectivity index (χ1) is 13.9. The number of rotatable bonds is 4. The highest BCUT2D eigenvalue weighted by atomic mass is 32.2. The number of fused-ring (bicyclic) bond motifs is 1. The molecule has 0 spiro atoms. The maximum absolute atomic E-state index is 12.9. The van der Waals surface area contributed by atoms with Crippen LogP contribution in [0.25, 0.3) is 11.0 Å². The molecule has 0 radical (unpaired) electrons. The van der Waals surface area contributed by atoms with Gasteiger partial charge in [-0.3, -0.25) is 9.78 Å². The van der Waals surface area contributed by atoms with Crippen LogP contribution in [-0.4, -0.2) is 54.8 Å². The molecule has 2 aromatic carbocycles. The molecule has 3 aromatic rings. The van der Waals surface area contributed by atoms with E-state index in [1.54, 1.807) is 18.3 Å². The van der Waals surface area contributed by atoms with Crippen molar-refractivity contribution in [3.63, 3.8) is 0 Å². The molecule has 0 unspecified atom stereocenters. The summed E-state index contributed by atoms with van der Waals surface area (Å²) in [4.78, 5) is 22.4. The van der Waals surface area contributed by atoms with Crippen molar-refractivity contribution in [1.29, 1.82) is 0 Å². The summed E-state index contributed by atoms with van der Waals surface area (Å²) >= 11 is 0. The Hall–Kier alpha value is -3.04. The predicted octanol–water partition coefficient (Wildman–Crippen LogP) is 2.10. The standard InChI is InChI=1S/C20H21N5O3S/c1-15(26)22-16-6-8-17(9-7-16)29(27,28)25-12-10-24(11-13-25)20-14-21-18-4-2-3-5-19(18)23-20/h2-9,14H,10-13H2,1H3,(H,22,26). The molecule has 4 rings (SSSR count). The number of anilines is 2. The topological polar surface area (TPSA) is 95.5 Å². The number of benzene rings is 2. The zero-order chi connectivity index (χ0) is 20.4. The van der Waals surface area contributed by atoms with Gasteiger partial charge in [0.05, 0.1) is 22.1 Å². The average Bonchev–Trinajstić information content (AvgIpc) is 2.73. The molecule has 0 bridgehead atoms. The highest BCUT2D eigenvalue weighted by Gasteiger charge is 2.29. The van der Waals surface area contributed by atoms with Gasteiger partial charge in [0.2, 0.25) is 15.9 Å². The number of hydrogen-bond donors (Lipinski definition) is 1. The Morgan fingerprint density at radius 2 is 1.62 bits per heavy atom. The minimum Gasteiger partial charge on any atom is -0.353 e. The zero-order valence-electron chi connectivity index (χ0n) is 15.9. The molecule has 1 amide bonds. The van der Waals surface area contributed by atoms with Crippen LogP contribution >= 0.6 is 0 Å². The van der Waals surface area contributed by atoms with Gasteiger partial charge >= 0.3 is 0 Å². The van der Waals surface area contributed by atoms with Crippen molar-refractivity contribution < 1.29 is 13.2 Å². The number of nitrogens with one attached hydrogen (secondary N) is 1. The van der Waals surface area contributed by atoms with E-state index in [4.69, 9.17) is 0 Å². The van der Waals surface area contributed by atoms with Crippen LogP contribution in [-0.2, 0) is 14.8 Å². The summed E-state index contributed by atoms with van der Waals surface area (Å²) in [6.45, 7) is 3.21. The van der Waals surface area contributed by atoms with E-state index < -0.39 is 10.0 Å². The molecule has 1 fully saturated rings. The number of carbonyl (C=O) groups excluding carboxylic acids is 1. The van der Waals surface area contributed by atoms with Gasteiger partial charge in [0.1, 0.15) is 5.82 Å². The Bertz CT molecular complexity index is 1140. The number of sulfonamides is 1. The van der Waals surface area contributed by atoms with Crippen LogP contribution in [0.2, 0.25) is 0 Å². The minimum atomic E-state index is -3.59. The van der Waals surface area contributed by atoms with Crippen LogP contribution in [0.15, 0.2) is 59.6 Å². The van der Waals surface area contributed by atoms with E-state index >= 15 is 0 Å². The first-order valence-corrected chi connectivity index (χ1v) is 10.7. The van der Waals surface area contributed by atoms with Gasteiger partial charge < -0.3 is 10.2 Å². The van der Waals surface area contributed by atoms with E-state index in [2.05, 4.69) is 15.3 Å². The number of amides is 1. The third kappa shape index (κ3) is 4.06. The third-order valence-electron chi connectivity index (χ3n) is 4.81. The van der Waals surface area contributed by atoms with Crippen LogP contribution in [0, 0.1) is 0 Å². The molecule has 0 atom stereocenters. The van der Waals surface area contributed by atoms with E-state index in [0.29, 0.717) is 31.9 Å². The molecule has 29 heavy (non-hydrogen) atoms. The van der Waals surface area contributed by atoms with Gasteiger partial charge in [-0.05, 0) is 36.4 Å². The van der Waals surface area contributed by atoms with Gasteiger partial charge in [0.15, 0.2) is 0 Å². The lowest BCUT2D eigenvalue weighted by Crippen LogP contribution is -2.48. The molecule has 9 heteroatoms. The Morgan fingerprint density at radius 3 is 2.28 bits per heavy atom. The molecule has 1 saturated heterocycles. The lowest BCUT2D eigenvalue weighted by atomic mass is 10.3. The van der Waals surface area contributed by atoms with Crippen molar-refractivity contribution in [3.8, 4) is 0 Å². The maximum atomic E-state index is 12.9. The van der Waals surface area contributed by atoms with Crippen molar-refractivity contribution in [1.82, 2.24) is 14.3 Å². The van der Waals surface area contributed by atoms with E-state index in [0.717, 1.165) is 16.9 Å². The summed E-state index contributed by atoms with van der Waals surface area (Å²) in [6.07, 6.45) is 1.73. The van der Waals surface area contributed by atoms with Crippen LogP contribution in [0.5, 0.6) is 0 Å². The lowest BCUT2D eigenvalue weighted by Gasteiger charge is -2.34. The molecule has 1 aromatic heterocycles. The van der Waals surface area contributed by atoms with E-state index in [1.807, 2.05) is 29.2 Å². The van der Waals surface area contributed by atoms with Crippen LogP contribution in [0.4, 0.5) is 11.5 Å². The molecule has 2 heterocycles. The van der Waals surface area contributed by atoms with Crippen molar-refractivity contribution in [2.75, 3.05) is 36.4 Å². The molecule has 1 N–H and O–H groups in total. The summed E-state index contributed by atoms with van der Waals surface area (Å²) in [5.74, 6) is 0.550. The normalized spacial score (nSPS) is 15.4. The van der Waals surface area contributed by atoms with Crippen molar-refractivity contribution in [3.05, 3.63) is 54.7 Å². The SMILES string of the molecule is CC(=O)Nc1ccc(S(=O)(=O)N2CCN(c3cnc4ccccc4n3)CC2)cc1. The Balaban J connectivity index is 1.45. The highest BCUT2D eigenvalue weighted by molar-refractivity contribution is 7.89. The quantitative estimate of drug-likeness (QED) is 0.706. The minimum absolute atomic E-state index is 0.200. The molecule has 1 aliphatic rings. The van der Waals surface area contributed by atoms with Gasteiger partial charge in [-0.2, -0.15) is 4.31 Å². The summed E-state index contributed by atoms with van der Waals surface area (Å²) in [6, 6.07) is 13.9. The smallest absolute Gasteiger partial charge is 0.243 e. The first kappa shape index (κ1) is 19.3. The summed E-state index contributed by atoms with van der Waals surface area (Å²) in [7, 11) is -3.59. The van der Waals surface area contributed by atoms with Crippen LogP contribution in [0.1, 0.15) is 6.92 Å². The molecule has 8 nitrogen and oxygen atoms in total. The Labute approximate surface area is 169 Å². The molecule has 150 valence electrons. The molecular formula is C20H21N5O3S. The highest BCUT2D eigenvalue weighted by Crippen LogP contribution is 2.22. The van der Waals surface area contributed by atoms with Gasteiger partial charge in [0, 0.05) is 38.8 Å². The third-order valence-corrected chi connectivity index (χ3v) is 6.72. The molecular weight excluding hydrogens is 390 g/mol. The van der Waals surface area contributed by atoms with Crippen molar-refractivity contribution >= 4 is 38.5 Å². The fourth-order valence-electron chi connectivity index (χ4n) is 3.32. The first-order valence-electron chi connectivity index (χ1n) is 9.28. The summed E-state index contributed by atoms with van der Waals surface area (Å²) in [5.41, 5.74) is 2.22. The maximum Gasteiger partial charge on any atom is 0.243 e. The van der Waals surface area contributed by atoms with Gasteiger partial charge in [-0.25, -0.2) is 13.4 Å². The Kier molecular flexibility index (Phi) is 5.16. The fourth-order valence-corrected chi connectivity index (χ4v) is 4.74. The Morgan fingerprint density at radius 1 is 0.966 bits per heavy atom. The second-order valence-corrected chi connectivity index (χ2v) is 8.75. The number of nitrogens with zero attached hydrogens (tertiary/aromatic N) is 4. The average molecular weight is 411 g/mol. The number of para-hydroxylation sites is 2. The number of carbonyl (C=O) groups is 1. The monoisotopic (exact) mass is 411 g/mol. The number of hydrogen-bond acceptors (Lipinski definition) is 6. The number of piperazine rings is 1. The zero-order valence-corrected chi connectivity index (χ0v) is 16.8. The molecule has 0 saturated carbocycles. The van der Waals surface area contributed by atoms with Gasteiger partial charge in [-0.15, -0.1) is 0 Å². The lowest BCUT2D eigenvalue weighted by molar-refractivity contribution is -0.114. The van der Waals surface area contributed by atoms with Crippen molar-refractivity contribution in [2.45, 2.75) is 11.8 Å². The largest absolute Gasteiger partial charge is 0.353 e. The summed E-state index contributed by atoms with van der Waals surface area (Å²) < 4.78 is 27.3. The van der Waals surface area contributed by atoms with Crippen LogP contribution < -0.4 is 10.2 Å². The molecule has 1 aliphatic heterocycles. The van der Waals surface area contributed by atoms with E-state index in [-0.39, 0.29) is 10.8 Å². The predicted molar refractivity (Wildman–Crippen MR) is 111 cm³/mol. The number of aromatic nitrogens is 2. The van der Waals surface area contributed by atoms with Gasteiger partial charge in [0.25, 0.3) is 0 Å². The van der Waals surface area contributed by atoms with Gasteiger partial charge in [-0.1, -0.05) is 12.1 Å². The second kappa shape index (κ2) is 7.76. The molecule has 0 aliphatic carbocycles. The van der Waals surface area contributed by atoms with Crippen LogP contribution in [0.3, 0.4) is 0 Å². The second-order valence-electron chi connectivity index (χ2n) is 6.81. The van der Waals surface area contributed by atoms with E-state index in [1.165, 1.54) is 23.4 Å². The van der Waals surface area contributed by atoms with Crippen molar-refractivity contribution in [2.24, 2.45) is 0 Å². The summed E-state index contributed by atoms with van der Waals surface area (Å²) in [5, 5.41) is 2.63. The fraction of sp³-hybridized carbons (Fsp3) is 0.250.